The molecule has 4 aromatic carbocycles. The van der Waals surface area contributed by atoms with Crippen molar-refractivity contribution in [2.45, 2.75) is 6.92 Å². The summed E-state index contributed by atoms with van der Waals surface area (Å²) < 4.78 is 0. The summed E-state index contributed by atoms with van der Waals surface area (Å²) in [6, 6.07) is 40.2. The number of para-hydroxylation sites is 1. The van der Waals surface area contributed by atoms with Crippen LogP contribution >= 0.6 is 17.2 Å². The first-order chi connectivity index (χ1) is 16.1. The van der Waals surface area contributed by atoms with E-state index in [-0.39, 0.29) is 0 Å². The van der Waals surface area contributed by atoms with Crippen molar-refractivity contribution < 1.29 is 4.79 Å². The number of benzene rings is 4. The molecule has 0 saturated carbocycles. The molecule has 0 spiro atoms. The molecule has 0 aliphatic rings. The molecule has 0 radical (unpaired) electrons. The third-order valence-electron chi connectivity index (χ3n) is 5.81. The van der Waals surface area contributed by atoms with Gasteiger partial charge in [-0.25, -0.2) is 0 Å². The van der Waals surface area contributed by atoms with Crippen molar-refractivity contribution in [2.24, 2.45) is 5.10 Å². The van der Waals surface area contributed by atoms with E-state index in [1.165, 1.54) is 5.01 Å². The van der Waals surface area contributed by atoms with Gasteiger partial charge in [0, 0.05) is 0 Å². The van der Waals surface area contributed by atoms with Crippen molar-refractivity contribution in [1.82, 2.24) is 0 Å². The second-order valence-electron chi connectivity index (χ2n) is 7.97. The molecule has 33 heavy (non-hydrogen) atoms. The van der Waals surface area contributed by atoms with Crippen molar-refractivity contribution in [2.75, 3.05) is 11.2 Å². The molecule has 0 N–H and O–H groups in total. The van der Waals surface area contributed by atoms with E-state index in [0.717, 1.165) is 28.0 Å². The van der Waals surface area contributed by atoms with Gasteiger partial charge in [-0.1, -0.05) is 0 Å². The van der Waals surface area contributed by atoms with Crippen LogP contribution in [-0.4, -0.2) is 18.3 Å². The normalized spacial score (nSPS) is 13.0. The molecule has 4 rings (SSSR count). The first-order valence-corrected chi connectivity index (χ1v) is 14.1. The Kier molecular flexibility index (Phi) is 6.74. The summed E-state index contributed by atoms with van der Waals surface area (Å²) in [5, 5.41) is 9.26. The molecule has 0 saturated heterocycles. The topological polar surface area (TPSA) is 32.7 Å². The molecule has 0 aliphatic carbocycles. The molecule has 0 bridgehead atoms. The average molecular weight is 473 g/mol. The summed E-state index contributed by atoms with van der Waals surface area (Å²) in [5.74, 6) is -3.49. The van der Waals surface area contributed by atoms with Crippen molar-refractivity contribution in [3.63, 3.8) is 0 Å². The molecule has 0 aromatic heterocycles. The van der Waals surface area contributed by atoms with Gasteiger partial charge in [-0.15, -0.1) is 0 Å². The number of carbonyl (C=O) groups excluding carboxylic acids is 1. The van der Waals surface area contributed by atoms with E-state index in [4.69, 9.17) is 16.3 Å². The summed E-state index contributed by atoms with van der Waals surface area (Å²) in [5.41, 5.74) is 1.48. The minimum absolute atomic E-state index is 0.488. The third-order valence-corrected chi connectivity index (χ3v) is 13.1. The average Bonchev–Trinajstić information content (AvgIpc) is 2.89. The molecule has 5 heteroatoms. The van der Waals surface area contributed by atoms with Gasteiger partial charge in [0.15, 0.2) is 0 Å². The predicted octanol–water partition coefficient (Wildman–Crippen LogP) is 5.71. The van der Waals surface area contributed by atoms with Crippen LogP contribution in [0.5, 0.6) is 0 Å². The van der Waals surface area contributed by atoms with E-state index in [1.807, 2.05) is 91.9 Å². The van der Waals surface area contributed by atoms with Crippen LogP contribution in [0, 0.1) is 0 Å². The van der Waals surface area contributed by atoms with Gasteiger partial charge in [-0.3, -0.25) is 0 Å². The van der Waals surface area contributed by atoms with E-state index in [9.17, 15) is 4.79 Å². The maximum absolute atomic E-state index is 11.9. The molecule has 0 unspecified atom stereocenters. The van der Waals surface area contributed by atoms with Gasteiger partial charge in [0.25, 0.3) is 0 Å². The van der Waals surface area contributed by atoms with Crippen LogP contribution < -0.4 is 20.9 Å². The standard InChI is InChI=1S/C28H26ClN2OP/c1-24(30-31(23-32)25-14-6-2-7-15-25)22-33(29,26-16-8-3-9-17-26,27-18-10-4-11-19-27)28-20-12-5-13-21-28/h2-21,23H,22H2,1H3. The molecule has 0 atom stereocenters. The maximum atomic E-state index is 11.9. The Bertz CT molecular complexity index is 1130. The van der Waals surface area contributed by atoms with Gasteiger partial charge in [0.2, 0.25) is 0 Å². The van der Waals surface area contributed by atoms with Crippen LogP contribution in [0.25, 0.3) is 0 Å². The monoisotopic (exact) mass is 472 g/mol. The van der Waals surface area contributed by atoms with Gasteiger partial charge in [0.1, 0.15) is 0 Å². The second-order valence-corrected chi connectivity index (χ2v) is 14.4. The fourth-order valence-corrected chi connectivity index (χ4v) is 10.6. The molecular formula is C28H26ClN2OP. The minimum atomic E-state index is -3.49. The van der Waals surface area contributed by atoms with Crippen molar-refractivity contribution >= 4 is 50.9 Å². The van der Waals surface area contributed by atoms with E-state index >= 15 is 0 Å². The number of nitrogens with zero attached hydrogens (tertiary/aromatic N) is 2. The van der Waals surface area contributed by atoms with Gasteiger partial charge in [-0.2, -0.15) is 0 Å². The molecule has 166 valence electrons. The Balaban J connectivity index is 1.94. The first kappa shape index (κ1) is 22.9. The Morgan fingerprint density at radius 1 is 0.727 bits per heavy atom. The van der Waals surface area contributed by atoms with Crippen LogP contribution in [0.2, 0.25) is 0 Å². The third kappa shape index (κ3) is 4.35. The van der Waals surface area contributed by atoms with Crippen LogP contribution in [0.3, 0.4) is 0 Å². The SMILES string of the molecule is CC(CP(Cl)(c1ccccc1)(c1ccccc1)c1ccccc1)=NN(C=O)c1ccccc1. The Morgan fingerprint density at radius 2 is 1.09 bits per heavy atom. The van der Waals surface area contributed by atoms with Crippen LogP contribution in [0.15, 0.2) is 126 Å². The van der Waals surface area contributed by atoms with E-state index in [2.05, 4.69) is 36.4 Å². The Labute approximate surface area is 200 Å². The first-order valence-electron chi connectivity index (χ1n) is 10.8. The van der Waals surface area contributed by atoms with Gasteiger partial charge < -0.3 is 0 Å². The summed E-state index contributed by atoms with van der Waals surface area (Å²) in [6.45, 7) is 1.94. The van der Waals surface area contributed by atoms with Crippen LogP contribution in [0.4, 0.5) is 5.69 Å². The van der Waals surface area contributed by atoms with Gasteiger partial charge in [-0.05, 0) is 0 Å². The summed E-state index contributed by atoms with van der Waals surface area (Å²) in [4.78, 5) is 11.9. The number of hydrogen-bond donors (Lipinski definition) is 0. The Morgan fingerprint density at radius 3 is 1.45 bits per heavy atom. The van der Waals surface area contributed by atoms with E-state index in [1.54, 1.807) is 0 Å². The van der Waals surface area contributed by atoms with E-state index in [0.29, 0.717) is 11.8 Å². The van der Waals surface area contributed by atoms with Crippen LogP contribution in [0.1, 0.15) is 6.92 Å². The van der Waals surface area contributed by atoms with Crippen molar-refractivity contribution in [3.05, 3.63) is 121 Å². The molecule has 4 aromatic rings. The van der Waals surface area contributed by atoms with Crippen molar-refractivity contribution in [1.29, 1.82) is 0 Å². The summed E-state index contributed by atoms with van der Waals surface area (Å²) in [7, 11) is 0. The Hall–Kier alpha value is -3.26. The fourth-order valence-electron chi connectivity index (χ4n) is 4.31. The number of carbonyl (C=O) groups is 1. The molecule has 0 fully saturated rings. The quantitative estimate of drug-likeness (QED) is 0.140. The summed E-state index contributed by atoms with van der Waals surface area (Å²) in [6.07, 6.45) is 1.22. The molecule has 3 nitrogen and oxygen atoms in total. The zero-order valence-corrected chi connectivity index (χ0v) is 20.1. The number of halogens is 1. The van der Waals surface area contributed by atoms with Crippen LogP contribution in [-0.2, 0) is 4.79 Å². The molecule has 0 aliphatic heterocycles. The number of anilines is 1. The van der Waals surface area contributed by atoms with E-state index < -0.39 is 5.96 Å². The molecule has 1 amide bonds. The zero-order valence-electron chi connectivity index (χ0n) is 18.5. The molecule has 0 heterocycles. The number of amides is 1. The van der Waals surface area contributed by atoms with Gasteiger partial charge >= 0.3 is 200 Å². The molecular weight excluding hydrogens is 447 g/mol. The van der Waals surface area contributed by atoms with Crippen molar-refractivity contribution in [3.8, 4) is 0 Å². The predicted molar refractivity (Wildman–Crippen MR) is 144 cm³/mol. The zero-order chi connectivity index (χ0) is 23.2. The number of hydrogen-bond acceptors (Lipinski definition) is 2. The number of rotatable bonds is 8. The second kappa shape index (κ2) is 9.70. The summed E-state index contributed by atoms with van der Waals surface area (Å²) >= 11 is 8.08. The van der Waals surface area contributed by atoms with Gasteiger partial charge in [0.05, 0.1) is 0 Å². The fraction of sp³-hybridized carbons (Fsp3) is 0.0714. The number of hydrazone groups is 1.